The first-order valence-corrected chi connectivity index (χ1v) is 1.92. The fourth-order valence-corrected chi connectivity index (χ4v) is 0.330. The zero-order valence-electron chi connectivity index (χ0n) is 3.78. The van der Waals surface area contributed by atoms with E-state index in [-0.39, 0.29) is 0 Å². The fourth-order valence-electron chi connectivity index (χ4n) is 0.330. The van der Waals surface area contributed by atoms with Crippen LogP contribution in [0, 0.1) is 0 Å². The van der Waals surface area contributed by atoms with E-state index in [1.54, 1.807) is 0 Å². The smallest absolute Gasteiger partial charge is 0.127 e. The van der Waals surface area contributed by atoms with Crippen LogP contribution in [0.4, 0.5) is 0 Å². The molecule has 0 bridgehead atoms. The van der Waals surface area contributed by atoms with Gasteiger partial charge in [-0.2, -0.15) is 0 Å². The van der Waals surface area contributed by atoms with Gasteiger partial charge in [0, 0.05) is 0 Å². The van der Waals surface area contributed by atoms with E-state index in [9.17, 15) is 0 Å². The lowest BCUT2D eigenvalue weighted by Gasteiger charge is -2.09. The van der Waals surface area contributed by atoms with Crippen LogP contribution in [-0.2, 0) is 0 Å². The first kappa shape index (κ1) is 4.26. The Morgan fingerprint density at radius 3 is 2.86 bits per heavy atom. The Morgan fingerprint density at radius 2 is 2.57 bits per heavy atom. The number of nitrogens with two attached hydrogens (primary N) is 1. The highest BCUT2D eigenvalue weighted by Gasteiger charge is 1.88. The van der Waals surface area contributed by atoms with E-state index in [0.717, 1.165) is 0 Å². The van der Waals surface area contributed by atoms with Crippen molar-refractivity contribution in [2.24, 2.45) is 15.8 Å². The molecule has 1 aliphatic rings. The molecule has 0 saturated carbocycles. The van der Waals surface area contributed by atoms with Crippen LogP contribution in [0.3, 0.4) is 0 Å². The molecule has 1 rings (SSSR count). The van der Waals surface area contributed by atoms with Crippen LogP contribution < -0.4 is 5.84 Å². The molecule has 0 unspecified atom stereocenters. The molecule has 0 spiro atoms. The zero-order valence-corrected chi connectivity index (χ0v) is 3.78. The van der Waals surface area contributed by atoms with Crippen molar-refractivity contribution in [1.29, 1.82) is 0 Å². The Morgan fingerprint density at radius 1 is 1.71 bits per heavy atom. The third kappa shape index (κ3) is 0.972. The maximum atomic E-state index is 5.20. The summed E-state index contributed by atoms with van der Waals surface area (Å²) in [6.45, 7) is 0.517. The van der Waals surface area contributed by atoms with Gasteiger partial charge in [0.25, 0.3) is 0 Å². The molecule has 0 aromatic carbocycles. The average molecular weight is 98.1 g/mol. The van der Waals surface area contributed by atoms with Crippen LogP contribution in [0.2, 0.25) is 0 Å². The van der Waals surface area contributed by atoms with Crippen LogP contribution in [0.1, 0.15) is 0 Å². The van der Waals surface area contributed by atoms with Gasteiger partial charge in [0.15, 0.2) is 0 Å². The van der Waals surface area contributed by atoms with Crippen molar-refractivity contribution in [2.75, 3.05) is 6.67 Å². The van der Waals surface area contributed by atoms with Crippen molar-refractivity contribution in [3.05, 3.63) is 0 Å². The zero-order chi connectivity index (χ0) is 5.11. The van der Waals surface area contributed by atoms with Gasteiger partial charge in [-0.25, -0.2) is 10.8 Å². The molecule has 4 nitrogen and oxygen atoms in total. The Hall–Kier alpha value is -0.900. The number of hydrazine groups is 1. The predicted molar refractivity (Wildman–Crippen MR) is 27.9 cm³/mol. The summed E-state index contributed by atoms with van der Waals surface area (Å²) >= 11 is 0. The van der Waals surface area contributed by atoms with Gasteiger partial charge in [0.1, 0.15) is 19.3 Å². The highest BCUT2D eigenvalue weighted by molar-refractivity contribution is 5.72. The molecule has 0 aromatic heterocycles. The lowest BCUT2D eigenvalue weighted by molar-refractivity contribution is 0.466. The van der Waals surface area contributed by atoms with E-state index in [2.05, 4.69) is 9.98 Å². The number of nitrogens with zero attached hydrogens (tertiary/aromatic N) is 3. The van der Waals surface area contributed by atoms with Gasteiger partial charge < -0.3 is 0 Å². The summed E-state index contributed by atoms with van der Waals surface area (Å²) in [5, 5.41) is 1.40. The van der Waals surface area contributed by atoms with Gasteiger partial charge in [-0.15, -0.1) is 0 Å². The molecule has 0 aliphatic carbocycles. The van der Waals surface area contributed by atoms with Crippen LogP contribution >= 0.6 is 0 Å². The lowest BCUT2D eigenvalue weighted by Crippen LogP contribution is -2.31. The van der Waals surface area contributed by atoms with E-state index in [0.29, 0.717) is 6.67 Å². The van der Waals surface area contributed by atoms with Gasteiger partial charge in [-0.1, -0.05) is 0 Å². The molecule has 2 N–H and O–H groups in total. The minimum absolute atomic E-state index is 0.517. The standard InChI is InChI=1S/C3H6N4/c4-7-2-5-1-6-3-7/h1-2H,3-4H2. The van der Waals surface area contributed by atoms with Crippen molar-refractivity contribution in [3.63, 3.8) is 0 Å². The molecule has 0 fully saturated rings. The normalized spacial score (nSPS) is 18.1. The molecular weight excluding hydrogens is 92.1 g/mol. The number of aliphatic imine (C=N–C) groups is 2. The van der Waals surface area contributed by atoms with Gasteiger partial charge in [0.2, 0.25) is 0 Å². The summed E-state index contributed by atoms with van der Waals surface area (Å²) in [5.74, 6) is 5.20. The first-order valence-electron chi connectivity index (χ1n) is 1.92. The Balaban J connectivity index is 2.49. The largest absolute Gasteiger partial charge is 0.279 e. The van der Waals surface area contributed by atoms with Gasteiger partial charge in [-0.3, -0.25) is 10.0 Å². The quantitative estimate of drug-likeness (QED) is 0.403. The molecule has 0 amide bonds. The van der Waals surface area contributed by atoms with E-state index in [4.69, 9.17) is 5.84 Å². The van der Waals surface area contributed by atoms with Crippen LogP contribution in [0.15, 0.2) is 9.98 Å². The van der Waals surface area contributed by atoms with Crippen LogP contribution in [0.5, 0.6) is 0 Å². The van der Waals surface area contributed by atoms with E-state index in [1.807, 2.05) is 0 Å². The maximum Gasteiger partial charge on any atom is 0.127 e. The molecule has 7 heavy (non-hydrogen) atoms. The minimum atomic E-state index is 0.517. The number of rotatable bonds is 0. The van der Waals surface area contributed by atoms with Crippen LogP contribution in [0.25, 0.3) is 0 Å². The summed E-state index contributed by atoms with van der Waals surface area (Å²) in [7, 11) is 0. The monoisotopic (exact) mass is 98.1 g/mol. The second kappa shape index (κ2) is 1.70. The average Bonchev–Trinajstić information content (AvgIpc) is 1.69. The second-order valence-corrected chi connectivity index (χ2v) is 1.22. The number of hydrogen-bond acceptors (Lipinski definition) is 4. The Kier molecular flexibility index (Phi) is 1.04. The molecule has 1 heterocycles. The van der Waals surface area contributed by atoms with Crippen molar-refractivity contribution < 1.29 is 0 Å². The first-order chi connectivity index (χ1) is 3.39. The molecule has 0 aromatic rings. The van der Waals surface area contributed by atoms with E-state index >= 15 is 0 Å². The maximum absolute atomic E-state index is 5.20. The minimum Gasteiger partial charge on any atom is -0.279 e. The molecule has 4 heteroatoms. The summed E-state index contributed by atoms with van der Waals surface area (Å²) in [5.41, 5.74) is 0. The van der Waals surface area contributed by atoms with Crippen molar-refractivity contribution in [2.45, 2.75) is 0 Å². The number of hydrogen-bond donors (Lipinski definition) is 1. The van der Waals surface area contributed by atoms with Gasteiger partial charge >= 0.3 is 0 Å². The van der Waals surface area contributed by atoms with Crippen LogP contribution in [-0.4, -0.2) is 24.4 Å². The second-order valence-electron chi connectivity index (χ2n) is 1.22. The summed E-state index contributed by atoms with van der Waals surface area (Å²) in [6, 6.07) is 0. The Bertz CT molecular complexity index is 106. The molecule has 0 atom stereocenters. The third-order valence-electron chi connectivity index (χ3n) is 0.608. The Labute approximate surface area is 41.3 Å². The fraction of sp³-hybridized carbons (Fsp3) is 0.333. The molecule has 0 saturated heterocycles. The van der Waals surface area contributed by atoms with Gasteiger partial charge in [0.05, 0.1) is 0 Å². The van der Waals surface area contributed by atoms with E-state index in [1.165, 1.54) is 17.7 Å². The molecular formula is C3H6N4. The topological polar surface area (TPSA) is 54.0 Å². The van der Waals surface area contributed by atoms with Crippen molar-refractivity contribution in [1.82, 2.24) is 5.01 Å². The summed E-state index contributed by atoms with van der Waals surface area (Å²) < 4.78 is 0. The summed E-state index contributed by atoms with van der Waals surface area (Å²) in [4.78, 5) is 7.38. The van der Waals surface area contributed by atoms with Crippen molar-refractivity contribution >= 4 is 12.7 Å². The lowest BCUT2D eigenvalue weighted by atomic mass is 10.9. The molecule has 0 radical (unpaired) electrons. The highest BCUT2D eigenvalue weighted by atomic mass is 15.4. The van der Waals surface area contributed by atoms with Gasteiger partial charge in [-0.05, 0) is 0 Å². The molecule has 38 valence electrons. The van der Waals surface area contributed by atoms with Crippen molar-refractivity contribution in [3.8, 4) is 0 Å². The SMILES string of the molecule is NN1C=NC=NC1. The highest BCUT2D eigenvalue weighted by Crippen LogP contribution is 1.77. The predicted octanol–water partition coefficient (Wildman–Crippen LogP) is -0.810. The van der Waals surface area contributed by atoms with E-state index < -0.39 is 0 Å². The third-order valence-corrected chi connectivity index (χ3v) is 0.608. The molecule has 1 aliphatic heterocycles. The summed E-state index contributed by atoms with van der Waals surface area (Å²) in [6.07, 6.45) is 3.00.